The molecule has 2 aromatic heterocycles. The van der Waals surface area contributed by atoms with Crippen LogP contribution in [0.4, 0.5) is 0 Å². The molecule has 1 nitrogen and oxygen atoms in total. The molecule has 0 fully saturated rings. The van der Waals surface area contributed by atoms with Gasteiger partial charge in [-0.1, -0.05) is 29.8 Å². The van der Waals surface area contributed by atoms with Gasteiger partial charge in [0.2, 0.25) is 0 Å². The molecule has 2 heteroatoms. The Hall–Kier alpha value is -1.73. The Labute approximate surface area is 98.9 Å². The molecule has 0 N–H and O–H groups in total. The van der Waals surface area contributed by atoms with Crippen LogP contribution in [0.1, 0.15) is 0 Å². The molecular weight excluding hydrogens is 218 g/mol. The average Bonchev–Trinajstić information content (AvgIpc) is 2.72. The largest absolute Gasteiger partial charge is 0.323 e. The fourth-order valence-electron chi connectivity index (χ4n) is 1.88. The van der Waals surface area contributed by atoms with Crippen molar-refractivity contribution >= 4 is 17.1 Å². The van der Waals surface area contributed by atoms with E-state index in [9.17, 15) is 0 Å². The number of pyridine rings is 1. The van der Waals surface area contributed by atoms with Crippen LogP contribution in [0, 0.1) is 0 Å². The minimum absolute atomic E-state index is 0.771. The Morgan fingerprint density at radius 1 is 0.875 bits per heavy atom. The normalized spacial score (nSPS) is 10.8. The monoisotopic (exact) mass is 227 g/mol. The zero-order chi connectivity index (χ0) is 11.0. The first-order chi connectivity index (χ1) is 7.83. The zero-order valence-corrected chi connectivity index (χ0v) is 9.35. The minimum atomic E-state index is 0.771. The van der Waals surface area contributed by atoms with Crippen molar-refractivity contribution in [3.05, 3.63) is 65.9 Å². The highest BCUT2D eigenvalue weighted by Gasteiger charge is 2.01. The van der Waals surface area contributed by atoms with Gasteiger partial charge < -0.3 is 4.40 Å². The SMILES string of the molecule is Clc1cccc(-c2cc3ccccn3c2)c1. The van der Waals surface area contributed by atoms with Crippen LogP contribution < -0.4 is 0 Å². The number of halogens is 1. The topological polar surface area (TPSA) is 4.41 Å². The molecular formula is C14H10ClN. The summed E-state index contributed by atoms with van der Waals surface area (Å²) in [6.07, 6.45) is 4.16. The molecule has 0 radical (unpaired) electrons. The number of hydrogen-bond acceptors (Lipinski definition) is 0. The molecule has 16 heavy (non-hydrogen) atoms. The molecule has 0 atom stereocenters. The minimum Gasteiger partial charge on any atom is -0.323 e. The van der Waals surface area contributed by atoms with Crippen molar-refractivity contribution in [2.75, 3.05) is 0 Å². The lowest BCUT2D eigenvalue weighted by Gasteiger charge is -1.96. The smallest absolute Gasteiger partial charge is 0.0456 e. The van der Waals surface area contributed by atoms with Gasteiger partial charge in [-0.05, 0) is 35.9 Å². The molecule has 0 bridgehead atoms. The first-order valence-electron chi connectivity index (χ1n) is 5.16. The van der Waals surface area contributed by atoms with Crippen molar-refractivity contribution < 1.29 is 0 Å². The third kappa shape index (κ3) is 1.59. The maximum Gasteiger partial charge on any atom is 0.0456 e. The summed E-state index contributed by atoms with van der Waals surface area (Å²) in [4.78, 5) is 0. The fraction of sp³-hybridized carbons (Fsp3) is 0. The van der Waals surface area contributed by atoms with Crippen LogP contribution in [0.5, 0.6) is 0 Å². The molecule has 0 saturated heterocycles. The standard InChI is InChI=1S/C14H10ClN/c15-13-5-3-4-11(8-13)12-9-14-6-1-2-7-16(14)10-12/h1-10H. The predicted molar refractivity (Wildman–Crippen MR) is 67.8 cm³/mol. The predicted octanol–water partition coefficient (Wildman–Crippen LogP) is 4.26. The molecule has 1 aromatic carbocycles. The van der Waals surface area contributed by atoms with E-state index in [2.05, 4.69) is 28.8 Å². The molecule has 0 amide bonds. The van der Waals surface area contributed by atoms with Gasteiger partial charge in [0, 0.05) is 28.5 Å². The van der Waals surface area contributed by atoms with Gasteiger partial charge in [0.1, 0.15) is 0 Å². The molecule has 78 valence electrons. The van der Waals surface area contributed by atoms with E-state index in [0.29, 0.717) is 0 Å². The van der Waals surface area contributed by atoms with Crippen molar-refractivity contribution in [3.8, 4) is 11.1 Å². The average molecular weight is 228 g/mol. The van der Waals surface area contributed by atoms with Crippen molar-refractivity contribution in [3.63, 3.8) is 0 Å². The van der Waals surface area contributed by atoms with Crippen LogP contribution in [-0.4, -0.2) is 4.40 Å². The van der Waals surface area contributed by atoms with E-state index in [1.807, 2.05) is 36.5 Å². The second-order valence-corrected chi connectivity index (χ2v) is 4.21. The van der Waals surface area contributed by atoms with Crippen LogP contribution >= 0.6 is 11.6 Å². The van der Waals surface area contributed by atoms with E-state index in [0.717, 1.165) is 10.6 Å². The summed E-state index contributed by atoms with van der Waals surface area (Å²) < 4.78 is 2.11. The van der Waals surface area contributed by atoms with Crippen LogP contribution in [0.3, 0.4) is 0 Å². The zero-order valence-electron chi connectivity index (χ0n) is 8.60. The van der Waals surface area contributed by atoms with Crippen molar-refractivity contribution in [2.45, 2.75) is 0 Å². The summed E-state index contributed by atoms with van der Waals surface area (Å²) in [6, 6.07) is 16.2. The van der Waals surface area contributed by atoms with Gasteiger partial charge >= 0.3 is 0 Å². The Balaban J connectivity index is 2.19. The number of aromatic nitrogens is 1. The summed E-state index contributed by atoms with van der Waals surface area (Å²) >= 11 is 5.99. The molecule has 3 rings (SSSR count). The fourth-order valence-corrected chi connectivity index (χ4v) is 2.07. The van der Waals surface area contributed by atoms with Gasteiger partial charge in [-0.3, -0.25) is 0 Å². The number of rotatable bonds is 1. The summed E-state index contributed by atoms with van der Waals surface area (Å²) in [5, 5.41) is 0.771. The van der Waals surface area contributed by atoms with E-state index in [-0.39, 0.29) is 0 Å². The van der Waals surface area contributed by atoms with E-state index in [1.54, 1.807) is 0 Å². The first-order valence-corrected chi connectivity index (χ1v) is 5.53. The Morgan fingerprint density at radius 3 is 2.62 bits per heavy atom. The maximum atomic E-state index is 5.99. The van der Waals surface area contributed by atoms with Gasteiger partial charge in [-0.15, -0.1) is 0 Å². The quantitative estimate of drug-likeness (QED) is 0.585. The second-order valence-electron chi connectivity index (χ2n) is 3.77. The lowest BCUT2D eigenvalue weighted by Crippen LogP contribution is -1.76. The lowest BCUT2D eigenvalue weighted by atomic mass is 10.1. The number of benzene rings is 1. The number of hydrogen-bond donors (Lipinski definition) is 0. The van der Waals surface area contributed by atoms with Crippen LogP contribution in [-0.2, 0) is 0 Å². The highest BCUT2D eigenvalue weighted by Crippen LogP contribution is 2.24. The lowest BCUT2D eigenvalue weighted by molar-refractivity contribution is 1.20. The van der Waals surface area contributed by atoms with E-state index < -0.39 is 0 Å². The van der Waals surface area contributed by atoms with Crippen LogP contribution in [0.25, 0.3) is 16.6 Å². The van der Waals surface area contributed by atoms with Gasteiger partial charge in [0.15, 0.2) is 0 Å². The third-order valence-corrected chi connectivity index (χ3v) is 2.90. The second kappa shape index (κ2) is 3.69. The van der Waals surface area contributed by atoms with Crippen LogP contribution in [0.15, 0.2) is 60.9 Å². The first kappa shape index (κ1) is 9.49. The van der Waals surface area contributed by atoms with E-state index in [4.69, 9.17) is 11.6 Å². The van der Waals surface area contributed by atoms with E-state index in [1.165, 1.54) is 11.1 Å². The molecule has 0 aliphatic carbocycles. The summed E-state index contributed by atoms with van der Waals surface area (Å²) in [6.45, 7) is 0. The molecule has 2 heterocycles. The van der Waals surface area contributed by atoms with Crippen molar-refractivity contribution in [1.82, 2.24) is 4.40 Å². The maximum absolute atomic E-state index is 5.99. The summed E-state index contributed by atoms with van der Waals surface area (Å²) in [5.74, 6) is 0. The summed E-state index contributed by atoms with van der Waals surface area (Å²) in [7, 11) is 0. The van der Waals surface area contributed by atoms with Gasteiger partial charge in [0.05, 0.1) is 0 Å². The van der Waals surface area contributed by atoms with Crippen molar-refractivity contribution in [1.29, 1.82) is 0 Å². The molecule has 0 spiro atoms. The Kier molecular flexibility index (Phi) is 2.19. The van der Waals surface area contributed by atoms with Crippen LogP contribution in [0.2, 0.25) is 5.02 Å². The van der Waals surface area contributed by atoms with Gasteiger partial charge in [0.25, 0.3) is 0 Å². The summed E-state index contributed by atoms with van der Waals surface area (Å²) in [5.41, 5.74) is 3.53. The molecule has 0 aliphatic rings. The van der Waals surface area contributed by atoms with E-state index >= 15 is 0 Å². The van der Waals surface area contributed by atoms with Gasteiger partial charge in [-0.25, -0.2) is 0 Å². The Morgan fingerprint density at radius 2 is 1.81 bits per heavy atom. The highest BCUT2D eigenvalue weighted by molar-refractivity contribution is 6.30. The molecule has 0 unspecified atom stereocenters. The molecule has 0 saturated carbocycles. The van der Waals surface area contributed by atoms with Gasteiger partial charge in [-0.2, -0.15) is 0 Å². The molecule has 0 aliphatic heterocycles. The third-order valence-electron chi connectivity index (χ3n) is 2.66. The highest BCUT2D eigenvalue weighted by atomic mass is 35.5. The van der Waals surface area contributed by atoms with Crippen molar-refractivity contribution in [2.24, 2.45) is 0 Å². The number of nitrogens with zero attached hydrogens (tertiary/aromatic N) is 1. The molecule has 3 aromatic rings. The number of fused-ring (bicyclic) bond motifs is 1. The Bertz CT molecular complexity index is 607.